The number of nitrogens with zero attached hydrogens (tertiary/aromatic N) is 3. The maximum atomic E-state index is 13.0. The molecule has 1 saturated heterocycles. The Balaban J connectivity index is 1.44. The van der Waals surface area contributed by atoms with Gasteiger partial charge in [-0.1, -0.05) is 60.7 Å². The van der Waals surface area contributed by atoms with Crippen LogP contribution in [-0.4, -0.2) is 41.9 Å². The summed E-state index contributed by atoms with van der Waals surface area (Å²) in [7, 11) is 0. The molecular formula is C27H27N5O. The van der Waals surface area contributed by atoms with Gasteiger partial charge in [0.2, 0.25) is 0 Å². The molecule has 33 heavy (non-hydrogen) atoms. The quantitative estimate of drug-likeness (QED) is 0.346. The van der Waals surface area contributed by atoms with Crippen LogP contribution in [0.5, 0.6) is 0 Å². The first kappa shape index (κ1) is 22.1. The van der Waals surface area contributed by atoms with E-state index in [1.807, 2.05) is 18.2 Å². The fourth-order valence-corrected chi connectivity index (χ4v) is 4.11. The summed E-state index contributed by atoms with van der Waals surface area (Å²) >= 11 is 0. The third kappa shape index (κ3) is 5.40. The summed E-state index contributed by atoms with van der Waals surface area (Å²) in [4.78, 5) is 17.1. The van der Waals surface area contributed by atoms with E-state index in [0.717, 1.165) is 18.8 Å². The molecular weight excluding hydrogens is 410 g/mol. The number of piperazine rings is 1. The molecule has 0 unspecified atom stereocenters. The van der Waals surface area contributed by atoms with Gasteiger partial charge < -0.3 is 16.0 Å². The number of hydrogen-bond donors (Lipinski definition) is 2. The topological polar surface area (TPSA) is 85.4 Å². The van der Waals surface area contributed by atoms with Crippen LogP contribution in [0.15, 0.2) is 96.7 Å². The van der Waals surface area contributed by atoms with Gasteiger partial charge in [-0.2, -0.15) is 5.26 Å². The van der Waals surface area contributed by atoms with E-state index < -0.39 is 0 Å². The summed E-state index contributed by atoms with van der Waals surface area (Å²) in [5, 5.41) is 12.6. The van der Waals surface area contributed by atoms with Crippen LogP contribution < -0.4 is 11.1 Å². The molecule has 3 aromatic carbocycles. The minimum absolute atomic E-state index is 0.0861. The van der Waals surface area contributed by atoms with Crippen molar-refractivity contribution >= 4 is 17.3 Å². The van der Waals surface area contributed by atoms with Crippen LogP contribution in [0.2, 0.25) is 0 Å². The highest BCUT2D eigenvalue weighted by Crippen LogP contribution is 2.29. The van der Waals surface area contributed by atoms with Gasteiger partial charge in [0, 0.05) is 43.8 Å². The second kappa shape index (κ2) is 10.5. The van der Waals surface area contributed by atoms with Crippen molar-refractivity contribution in [2.45, 2.75) is 6.04 Å². The number of anilines is 2. The number of amides is 1. The van der Waals surface area contributed by atoms with E-state index in [4.69, 9.17) is 5.73 Å². The summed E-state index contributed by atoms with van der Waals surface area (Å²) < 4.78 is 0. The first-order valence-electron chi connectivity index (χ1n) is 11.0. The number of nitrogen functional groups attached to an aromatic ring is 1. The highest BCUT2D eigenvalue weighted by atomic mass is 16.2. The predicted molar refractivity (Wildman–Crippen MR) is 131 cm³/mol. The van der Waals surface area contributed by atoms with Gasteiger partial charge in [0.1, 0.15) is 11.6 Å². The van der Waals surface area contributed by atoms with Crippen molar-refractivity contribution in [2.75, 3.05) is 37.2 Å². The van der Waals surface area contributed by atoms with Gasteiger partial charge in [0.05, 0.1) is 6.04 Å². The summed E-state index contributed by atoms with van der Waals surface area (Å²) in [6.07, 6.45) is 1.47. The first-order valence-corrected chi connectivity index (χ1v) is 11.0. The second-order valence-electron chi connectivity index (χ2n) is 7.99. The van der Waals surface area contributed by atoms with Gasteiger partial charge >= 0.3 is 0 Å². The lowest BCUT2D eigenvalue weighted by atomic mass is 9.96. The zero-order valence-corrected chi connectivity index (χ0v) is 18.4. The van der Waals surface area contributed by atoms with Crippen LogP contribution in [0.4, 0.5) is 11.4 Å². The number of carbonyl (C=O) groups excluding carboxylic acids is 1. The van der Waals surface area contributed by atoms with Crippen LogP contribution in [-0.2, 0) is 4.79 Å². The Bertz CT molecular complexity index is 1090. The molecule has 1 fully saturated rings. The predicted octanol–water partition coefficient (Wildman–Crippen LogP) is 4.02. The molecule has 0 bridgehead atoms. The number of rotatable bonds is 6. The Kier molecular flexibility index (Phi) is 7.03. The monoisotopic (exact) mass is 437 g/mol. The van der Waals surface area contributed by atoms with Crippen molar-refractivity contribution in [1.29, 1.82) is 5.26 Å². The standard InChI is InChI=1S/C27H27N5O/c28-19-23(20-30-25-13-11-24(29)12-14-25)27(33)32-17-15-31(16-18-32)26(21-7-3-1-4-8-21)22-9-5-2-6-10-22/h1-14,20,26,30H,15-18,29H2/b23-20-. The smallest absolute Gasteiger partial charge is 0.266 e. The molecule has 0 aliphatic carbocycles. The molecule has 4 rings (SSSR count). The lowest BCUT2D eigenvalue weighted by Crippen LogP contribution is -2.50. The van der Waals surface area contributed by atoms with Crippen LogP contribution in [0.25, 0.3) is 0 Å². The zero-order chi connectivity index (χ0) is 23.0. The van der Waals surface area contributed by atoms with E-state index in [9.17, 15) is 10.1 Å². The molecule has 0 saturated carbocycles. The lowest BCUT2D eigenvalue weighted by molar-refractivity contribution is -0.128. The van der Waals surface area contributed by atoms with Crippen molar-refractivity contribution < 1.29 is 4.79 Å². The summed E-state index contributed by atoms with van der Waals surface area (Å²) in [5.74, 6) is -0.254. The van der Waals surface area contributed by atoms with E-state index in [2.05, 4.69) is 58.7 Å². The Morgan fingerprint density at radius 1 is 0.879 bits per heavy atom. The summed E-state index contributed by atoms with van der Waals surface area (Å²) in [6.45, 7) is 2.58. The molecule has 1 amide bonds. The summed E-state index contributed by atoms with van der Waals surface area (Å²) in [5.41, 5.74) is 9.67. The average Bonchev–Trinajstić information content (AvgIpc) is 2.87. The van der Waals surface area contributed by atoms with Gasteiger partial charge in [0.15, 0.2) is 0 Å². The third-order valence-electron chi connectivity index (χ3n) is 5.84. The van der Waals surface area contributed by atoms with E-state index in [-0.39, 0.29) is 17.5 Å². The third-order valence-corrected chi connectivity index (χ3v) is 5.84. The Labute approximate surface area is 194 Å². The molecule has 0 spiro atoms. The van der Waals surface area contributed by atoms with Crippen LogP contribution in [0.1, 0.15) is 17.2 Å². The van der Waals surface area contributed by atoms with Gasteiger partial charge in [-0.15, -0.1) is 0 Å². The highest BCUT2D eigenvalue weighted by molar-refractivity contribution is 5.97. The average molecular weight is 438 g/mol. The lowest BCUT2D eigenvalue weighted by Gasteiger charge is -2.39. The second-order valence-corrected chi connectivity index (χ2v) is 7.99. The minimum Gasteiger partial charge on any atom is -0.399 e. The fraction of sp³-hybridized carbons (Fsp3) is 0.185. The molecule has 1 aliphatic heterocycles. The molecule has 3 N–H and O–H groups in total. The van der Waals surface area contributed by atoms with E-state index in [0.29, 0.717) is 18.8 Å². The number of nitrogens with two attached hydrogens (primary N) is 1. The van der Waals surface area contributed by atoms with E-state index in [1.165, 1.54) is 17.3 Å². The van der Waals surface area contributed by atoms with Gasteiger partial charge in [-0.05, 0) is 35.4 Å². The zero-order valence-electron chi connectivity index (χ0n) is 18.4. The van der Waals surface area contributed by atoms with Gasteiger partial charge in [0.25, 0.3) is 5.91 Å². The van der Waals surface area contributed by atoms with Crippen molar-refractivity contribution in [1.82, 2.24) is 9.80 Å². The molecule has 0 aromatic heterocycles. The van der Waals surface area contributed by atoms with Crippen LogP contribution in [0.3, 0.4) is 0 Å². The van der Waals surface area contributed by atoms with Crippen molar-refractivity contribution in [2.24, 2.45) is 0 Å². The van der Waals surface area contributed by atoms with E-state index in [1.54, 1.807) is 29.2 Å². The molecule has 1 heterocycles. The SMILES string of the molecule is N#C/C(=C/Nc1ccc(N)cc1)C(=O)N1CCN(C(c2ccccc2)c2ccccc2)CC1. The fourth-order valence-electron chi connectivity index (χ4n) is 4.11. The number of nitrogens with one attached hydrogen (secondary N) is 1. The number of carbonyl (C=O) groups is 1. The normalized spacial score (nSPS) is 14.7. The van der Waals surface area contributed by atoms with Crippen molar-refractivity contribution in [3.8, 4) is 6.07 Å². The van der Waals surface area contributed by atoms with Crippen molar-refractivity contribution in [3.63, 3.8) is 0 Å². The van der Waals surface area contributed by atoms with Gasteiger partial charge in [-0.25, -0.2) is 0 Å². The molecule has 0 radical (unpaired) electrons. The number of hydrogen-bond acceptors (Lipinski definition) is 5. The molecule has 0 atom stereocenters. The van der Waals surface area contributed by atoms with Crippen LogP contribution >= 0.6 is 0 Å². The molecule has 166 valence electrons. The molecule has 3 aromatic rings. The first-order chi connectivity index (χ1) is 16.2. The van der Waals surface area contributed by atoms with Crippen molar-refractivity contribution in [3.05, 3.63) is 108 Å². The summed E-state index contributed by atoms with van der Waals surface area (Å²) in [6, 6.07) is 30.2. The minimum atomic E-state index is -0.254. The number of nitriles is 1. The van der Waals surface area contributed by atoms with Gasteiger partial charge in [-0.3, -0.25) is 9.69 Å². The highest BCUT2D eigenvalue weighted by Gasteiger charge is 2.29. The molecule has 6 heteroatoms. The maximum absolute atomic E-state index is 13.0. The molecule has 6 nitrogen and oxygen atoms in total. The largest absolute Gasteiger partial charge is 0.399 e. The molecule has 1 aliphatic rings. The Morgan fingerprint density at radius 2 is 1.42 bits per heavy atom. The maximum Gasteiger partial charge on any atom is 0.266 e. The van der Waals surface area contributed by atoms with Crippen LogP contribution in [0, 0.1) is 11.3 Å². The Morgan fingerprint density at radius 3 is 1.94 bits per heavy atom. The van der Waals surface area contributed by atoms with E-state index >= 15 is 0 Å². The number of benzene rings is 3. The Hall–Kier alpha value is -4.08.